The number of carbonyl (C=O) groups is 1. The molecule has 0 aromatic rings. The van der Waals surface area contributed by atoms with E-state index in [1.54, 1.807) is 0 Å². The molecule has 82 valence electrons. The largest absolute Gasteiger partial charge is 0.653 e. The van der Waals surface area contributed by atoms with Crippen molar-refractivity contribution >= 4 is 5.78 Å². The minimum atomic E-state index is 0. The van der Waals surface area contributed by atoms with Crippen molar-refractivity contribution in [3.63, 3.8) is 0 Å². The zero-order valence-electron chi connectivity index (χ0n) is 9.14. The summed E-state index contributed by atoms with van der Waals surface area (Å²) in [6.07, 6.45) is 2.24. The third-order valence-corrected chi connectivity index (χ3v) is 2.71. The minimum Gasteiger partial charge on any atom is -0.653 e. The molecular weight excluding hydrogens is 700 g/mol. The second-order valence-electron chi connectivity index (χ2n) is 3.44. The number of fused-ring (bicyclic) bond motifs is 1. The zero-order chi connectivity index (χ0) is 7.14. The Kier molecular flexibility index (Phi) is 21.5. The van der Waals surface area contributed by atoms with Crippen molar-refractivity contribution in [2.75, 3.05) is 6.54 Å². The molecule has 2 nitrogen and oxygen atoms in total. The van der Waals surface area contributed by atoms with E-state index in [0.717, 1.165) is 19.4 Å². The molecule has 0 amide bonds. The molecule has 0 bridgehead atoms. The van der Waals surface area contributed by atoms with Crippen LogP contribution < -0.4 is 0 Å². The van der Waals surface area contributed by atoms with Gasteiger partial charge in [-0.1, -0.05) is 25.3 Å². The average Bonchev–Trinajstić information content (AvgIpc) is 2.41. The fraction of sp³-hybridized carbons (Fsp3) is 0.778. The summed E-state index contributed by atoms with van der Waals surface area (Å²) in [4.78, 5) is 11.3. The first-order valence-corrected chi connectivity index (χ1v) is 3.99. The maximum absolute atomic E-state index is 11.3. The molecule has 2 aliphatic rings. The quantitative estimate of drug-likeness (QED) is 0.353. The number of Topliss-reactive ketones (excluding diaryl/α,β-unsaturated/α-hetero) is 1. The van der Waals surface area contributed by atoms with Crippen molar-refractivity contribution in [2.45, 2.75) is 25.8 Å². The van der Waals surface area contributed by atoms with E-state index in [0.29, 0.717) is 17.6 Å². The molecule has 6 heteroatoms. The van der Waals surface area contributed by atoms with Gasteiger partial charge in [0.25, 0.3) is 0 Å². The SMILES string of the molecule is CC1CC2CC[N-]C2C1=O.[CH3-].[U].[V].[W].[Y]. The molecule has 0 aromatic heterocycles. The minimum absolute atomic E-state index is 0. The fourth-order valence-electron chi connectivity index (χ4n) is 2.12. The number of hydrogen-bond acceptors (Lipinski definition) is 1. The normalized spacial score (nSPS) is 30.7. The number of carbonyl (C=O) groups excluding carboxylic acids is 1. The van der Waals surface area contributed by atoms with Crippen molar-refractivity contribution < 1.29 is 108 Å². The van der Waals surface area contributed by atoms with Crippen LogP contribution in [0.2, 0.25) is 0 Å². The van der Waals surface area contributed by atoms with Gasteiger partial charge in [0.2, 0.25) is 0 Å². The molecule has 0 spiro atoms. The van der Waals surface area contributed by atoms with E-state index >= 15 is 0 Å². The van der Waals surface area contributed by atoms with Crippen molar-refractivity contribution in [1.29, 1.82) is 0 Å². The van der Waals surface area contributed by atoms with E-state index in [9.17, 15) is 4.79 Å². The van der Waals surface area contributed by atoms with Gasteiger partial charge in [-0.05, 0) is 6.42 Å². The van der Waals surface area contributed by atoms with Crippen LogP contribution in [-0.2, 0) is 77.1 Å². The molecule has 1 saturated heterocycles. The van der Waals surface area contributed by atoms with Gasteiger partial charge in [0, 0.05) is 109 Å². The molecule has 0 aromatic carbocycles. The predicted octanol–water partition coefficient (Wildman–Crippen LogP) is 1.80. The van der Waals surface area contributed by atoms with Crippen LogP contribution in [0.3, 0.4) is 0 Å². The predicted molar refractivity (Wildman–Crippen MR) is 45.3 cm³/mol. The van der Waals surface area contributed by atoms with Crippen LogP contribution in [-0.4, -0.2) is 18.4 Å². The molecule has 1 heterocycles. The standard InChI is InChI=1S/C8H12NO.CH3.U.V.W.Y/c1-5-4-6-2-3-9-7(6)8(5)10;;;;;/h5-7H,2-4H2,1H3;1H3;;;;/q2*-1;;;;. The summed E-state index contributed by atoms with van der Waals surface area (Å²) < 4.78 is 0. The van der Waals surface area contributed by atoms with E-state index in [4.69, 9.17) is 0 Å². The molecule has 1 saturated carbocycles. The Balaban J connectivity index is -0.000000121. The smallest absolute Gasteiger partial charge is 0.118 e. The number of ketones is 1. The van der Waals surface area contributed by atoms with E-state index in [-0.39, 0.29) is 117 Å². The van der Waals surface area contributed by atoms with Gasteiger partial charge < -0.3 is 17.5 Å². The van der Waals surface area contributed by atoms with Crippen molar-refractivity contribution in [3.8, 4) is 0 Å². The van der Waals surface area contributed by atoms with Gasteiger partial charge in [-0.3, -0.25) is 0 Å². The van der Waals surface area contributed by atoms with Crippen LogP contribution in [0, 0.1) is 50.4 Å². The zero-order valence-corrected chi connectivity index (χ0v) is 20.5. The van der Waals surface area contributed by atoms with Gasteiger partial charge in [-0.25, -0.2) is 0 Å². The molecule has 1 aliphatic heterocycles. The molecular formula is C9H15NOUVWY-2. The van der Waals surface area contributed by atoms with Gasteiger partial charge in [0.1, 0.15) is 5.78 Å². The monoisotopic (exact) mass is 715 g/mol. The Morgan fingerprint density at radius 1 is 1.40 bits per heavy atom. The first-order chi connectivity index (χ1) is 4.79. The second-order valence-corrected chi connectivity index (χ2v) is 3.44. The summed E-state index contributed by atoms with van der Waals surface area (Å²) in [7, 11) is 0. The maximum Gasteiger partial charge on any atom is 0.118 e. The molecule has 2 radical (unpaired) electrons. The molecule has 2 rings (SSSR count). The van der Waals surface area contributed by atoms with E-state index in [2.05, 4.69) is 5.32 Å². The summed E-state index contributed by atoms with van der Waals surface area (Å²) in [6.45, 7) is 2.95. The van der Waals surface area contributed by atoms with Crippen LogP contribution in [0.1, 0.15) is 19.8 Å². The van der Waals surface area contributed by atoms with Crippen LogP contribution in [0.4, 0.5) is 0 Å². The summed E-state index contributed by atoms with van der Waals surface area (Å²) >= 11 is 0. The van der Waals surface area contributed by atoms with Crippen molar-refractivity contribution in [1.82, 2.24) is 0 Å². The topological polar surface area (TPSA) is 31.2 Å². The Bertz CT molecular complexity index is 187. The van der Waals surface area contributed by atoms with Crippen LogP contribution in [0.5, 0.6) is 0 Å². The Morgan fingerprint density at radius 3 is 2.40 bits per heavy atom. The van der Waals surface area contributed by atoms with Gasteiger partial charge in [-0.2, -0.15) is 0 Å². The summed E-state index contributed by atoms with van der Waals surface area (Å²) in [6, 6.07) is 0.106. The van der Waals surface area contributed by atoms with Gasteiger partial charge in [0.15, 0.2) is 0 Å². The second kappa shape index (κ2) is 12.1. The third-order valence-electron chi connectivity index (χ3n) is 2.71. The van der Waals surface area contributed by atoms with Crippen molar-refractivity contribution in [3.05, 3.63) is 12.7 Å². The molecule has 1 aliphatic carbocycles. The van der Waals surface area contributed by atoms with E-state index in [1.165, 1.54) is 0 Å². The molecule has 0 N–H and O–H groups in total. The molecule has 2 fully saturated rings. The summed E-state index contributed by atoms with van der Waals surface area (Å²) in [5.41, 5.74) is 0. The van der Waals surface area contributed by atoms with Gasteiger partial charge in [0.05, 0.1) is 0 Å². The van der Waals surface area contributed by atoms with Crippen LogP contribution >= 0.6 is 0 Å². The molecule has 3 atom stereocenters. The van der Waals surface area contributed by atoms with Crippen molar-refractivity contribution in [2.24, 2.45) is 11.8 Å². The van der Waals surface area contributed by atoms with Crippen LogP contribution in [0.15, 0.2) is 0 Å². The number of nitrogens with zero attached hydrogens (tertiary/aromatic N) is 1. The first-order valence-electron chi connectivity index (χ1n) is 3.99. The number of hydrogen-bond donors (Lipinski definition) is 0. The Morgan fingerprint density at radius 2 is 1.93 bits per heavy atom. The van der Waals surface area contributed by atoms with Crippen LogP contribution in [0.25, 0.3) is 5.32 Å². The van der Waals surface area contributed by atoms with Gasteiger partial charge in [-0.15, -0.1) is 6.54 Å². The molecule has 15 heavy (non-hydrogen) atoms. The molecule has 3 unspecified atom stereocenters. The Labute approximate surface area is 168 Å². The summed E-state index contributed by atoms with van der Waals surface area (Å²) in [5, 5.41) is 4.28. The average molecular weight is 715 g/mol. The summed E-state index contributed by atoms with van der Waals surface area (Å²) in [5.74, 6) is 1.30. The fourth-order valence-corrected chi connectivity index (χ4v) is 2.12. The maximum atomic E-state index is 11.3. The van der Waals surface area contributed by atoms with E-state index < -0.39 is 0 Å². The first kappa shape index (κ1) is 26.6. The Hall–Kier alpha value is 3.06. The van der Waals surface area contributed by atoms with E-state index in [1.807, 2.05) is 6.92 Å². The van der Waals surface area contributed by atoms with Gasteiger partial charge >= 0.3 is 0 Å². The number of rotatable bonds is 0. The third kappa shape index (κ3) is 6.16.